The first-order valence-corrected chi connectivity index (χ1v) is 13.4. The molecule has 0 unspecified atom stereocenters. The summed E-state index contributed by atoms with van der Waals surface area (Å²) >= 11 is 0. The first-order chi connectivity index (χ1) is 19.1. The Morgan fingerprint density at radius 3 is 2.46 bits per heavy atom. The maximum Gasteiger partial charge on any atom is 0.319 e. The van der Waals surface area contributed by atoms with E-state index in [1.165, 1.54) is 0 Å². The summed E-state index contributed by atoms with van der Waals surface area (Å²) in [7, 11) is 0. The van der Waals surface area contributed by atoms with Gasteiger partial charge in [-0.3, -0.25) is 9.88 Å². The van der Waals surface area contributed by atoms with Gasteiger partial charge in [0, 0.05) is 80.7 Å². The van der Waals surface area contributed by atoms with E-state index < -0.39 is 0 Å². The number of aromatic nitrogens is 3. The Hall–Kier alpha value is -3.80. The maximum absolute atomic E-state index is 12.6. The number of benzene rings is 1. The van der Waals surface area contributed by atoms with Crippen molar-refractivity contribution in [3.05, 3.63) is 60.2 Å². The third-order valence-electron chi connectivity index (χ3n) is 6.86. The zero-order chi connectivity index (χ0) is 26.9. The van der Waals surface area contributed by atoms with Crippen LogP contribution in [0.3, 0.4) is 0 Å². The van der Waals surface area contributed by atoms with Gasteiger partial charge in [-0.2, -0.15) is 0 Å². The number of ether oxygens (including phenoxy) is 2. The lowest BCUT2D eigenvalue weighted by Crippen LogP contribution is -2.39. The fourth-order valence-corrected chi connectivity index (χ4v) is 4.65. The first-order valence-electron chi connectivity index (χ1n) is 13.4. The molecular weight excluding hydrogens is 496 g/mol. The fourth-order valence-electron chi connectivity index (χ4n) is 4.65. The number of carbonyl (C=O) groups excluding carboxylic acids is 1. The van der Waals surface area contributed by atoms with E-state index in [0.717, 1.165) is 93.8 Å². The van der Waals surface area contributed by atoms with Gasteiger partial charge in [-0.1, -0.05) is 12.1 Å². The van der Waals surface area contributed by atoms with E-state index in [1.54, 1.807) is 18.6 Å². The zero-order valence-corrected chi connectivity index (χ0v) is 22.4. The van der Waals surface area contributed by atoms with E-state index in [0.29, 0.717) is 18.2 Å². The van der Waals surface area contributed by atoms with Crippen LogP contribution in [0.25, 0.3) is 11.1 Å². The standard InChI is InChI=1S/C28H36N8O3/c1-21-26(23-18-31-27(32-19-23)29-5-6-35-7-11-38-12-8-35)16-24(20-30-21)34-28(37)33-17-22-3-2-4-25(15-22)36-9-13-39-14-10-36/h2-4,15-16,18-20H,5-14,17H2,1H3,(H,29,31,32)(H2,33,34,37). The maximum atomic E-state index is 12.6. The lowest BCUT2D eigenvalue weighted by molar-refractivity contribution is 0.0398. The highest BCUT2D eigenvalue weighted by Crippen LogP contribution is 2.24. The smallest absolute Gasteiger partial charge is 0.319 e. The monoisotopic (exact) mass is 532 g/mol. The number of rotatable bonds is 9. The summed E-state index contributed by atoms with van der Waals surface area (Å²) in [6, 6.07) is 9.83. The summed E-state index contributed by atoms with van der Waals surface area (Å²) in [5.41, 5.74) is 5.31. The number of urea groups is 1. The van der Waals surface area contributed by atoms with E-state index in [2.05, 4.69) is 52.8 Å². The summed E-state index contributed by atoms with van der Waals surface area (Å²) in [6.07, 6.45) is 5.21. The number of anilines is 3. The predicted octanol–water partition coefficient (Wildman–Crippen LogP) is 2.75. The van der Waals surface area contributed by atoms with Gasteiger partial charge in [-0.05, 0) is 30.7 Å². The molecule has 2 aliphatic heterocycles. The Kier molecular flexibility index (Phi) is 9.15. The SMILES string of the molecule is Cc1ncc(NC(=O)NCc2cccc(N3CCOCC3)c2)cc1-c1cnc(NCCN2CCOCC2)nc1. The molecule has 0 aliphatic carbocycles. The molecule has 0 radical (unpaired) electrons. The van der Waals surface area contributed by atoms with Crippen molar-refractivity contribution in [2.75, 3.05) is 81.2 Å². The van der Waals surface area contributed by atoms with Gasteiger partial charge in [-0.25, -0.2) is 14.8 Å². The van der Waals surface area contributed by atoms with Crippen LogP contribution in [-0.2, 0) is 16.0 Å². The average molecular weight is 533 g/mol. The molecule has 11 nitrogen and oxygen atoms in total. The molecule has 2 aromatic heterocycles. The minimum Gasteiger partial charge on any atom is -0.379 e. The number of pyridine rings is 1. The van der Waals surface area contributed by atoms with Crippen molar-refractivity contribution in [3.8, 4) is 11.1 Å². The highest BCUT2D eigenvalue weighted by atomic mass is 16.5. The van der Waals surface area contributed by atoms with Crippen LogP contribution in [0.5, 0.6) is 0 Å². The Morgan fingerprint density at radius 1 is 0.949 bits per heavy atom. The van der Waals surface area contributed by atoms with Gasteiger partial charge in [0.1, 0.15) is 0 Å². The quantitative estimate of drug-likeness (QED) is 0.382. The highest BCUT2D eigenvalue weighted by molar-refractivity contribution is 5.90. The summed E-state index contributed by atoms with van der Waals surface area (Å²) in [5, 5.41) is 9.11. The van der Waals surface area contributed by atoms with E-state index >= 15 is 0 Å². The van der Waals surface area contributed by atoms with Crippen LogP contribution in [0.4, 0.5) is 22.1 Å². The third kappa shape index (κ3) is 7.62. The average Bonchev–Trinajstić information content (AvgIpc) is 2.99. The van der Waals surface area contributed by atoms with Gasteiger partial charge in [0.05, 0.1) is 38.3 Å². The number of hydrogen-bond donors (Lipinski definition) is 3. The van der Waals surface area contributed by atoms with Gasteiger partial charge in [-0.15, -0.1) is 0 Å². The Bertz CT molecular complexity index is 1230. The van der Waals surface area contributed by atoms with Crippen LogP contribution in [-0.4, -0.2) is 91.6 Å². The number of carbonyl (C=O) groups is 1. The highest BCUT2D eigenvalue weighted by Gasteiger charge is 2.13. The molecule has 0 spiro atoms. The number of hydrogen-bond acceptors (Lipinski definition) is 9. The molecule has 4 heterocycles. The van der Waals surface area contributed by atoms with Gasteiger partial charge in [0.15, 0.2) is 0 Å². The molecule has 2 aliphatic rings. The van der Waals surface area contributed by atoms with Crippen molar-refractivity contribution in [2.45, 2.75) is 13.5 Å². The molecule has 11 heteroatoms. The van der Waals surface area contributed by atoms with Crippen molar-refractivity contribution >= 4 is 23.4 Å². The van der Waals surface area contributed by atoms with Crippen molar-refractivity contribution in [1.82, 2.24) is 25.2 Å². The third-order valence-corrected chi connectivity index (χ3v) is 6.86. The van der Waals surface area contributed by atoms with Crippen molar-refractivity contribution in [2.24, 2.45) is 0 Å². The molecule has 2 saturated heterocycles. The van der Waals surface area contributed by atoms with Gasteiger partial charge in [0.25, 0.3) is 0 Å². The molecule has 0 atom stereocenters. The number of morpholine rings is 2. The zero-order valence-electron chi connectivity index (χ0n) is 22.4. The fraction of sp³-hybridized carbons (Fsp3) is 0.429. The van der Waals surface area contributed by atoms with Crippen LogP contribution in [0, 0.1) is 6.92 Å². The summed E-state index contributed by atoms with van der Waals surface area (Å²) in [5.74, 6) is 0.587. The van der Waals surface area contributed by atoms with Crippen LogP contribution in [0.1, 0.15) is 11.3 Å². The second kappa shape index (κ2) is 13.3. The topological polar surface area (TPSA) is 117 Å². The molecule has 1 aromatic carbocycles. The molecule has 0 saturated carbocycles. The molecule has 206 valence electrons. The Labute approximate surface area is 228 Å². The van der Waals surface area contributed by atoms with Gasteiger partial charge >= 0.3 is 6.03 Å². The summed E-state index contributed by atoms with van der Waals surface area (Å²) < 4.78 is 10.8. The summed E-state index contributed by atoms with van der Waals surface area (Å²) in [6.45, 7) is 10.8. The van der Waals surface area contributed by atoms with Crippen LogP contribution >= 0.6 is 0 Å². The van der Waals surface area contributed by atoms with E-state index in [-0.39, 0.29) is 6.03 Å². The molecule has 39 heavy (non-hydrogen) atoms. The molecule has 5 rings (SSSR count). The van der Waals surface area contributed by atoms with Gasteiger partial charge in [0.2, 0.25) is 5.95 Å². The molecule has 0 bridgehead atoms. The molecule has 2 amide bonds. The molecule has 3 aromatic rings. The van der Waals surface area contributed by atoms with Crippen LogP contribution < -0.4 is 20.9 Å². The van der Waals surface area contributed by atoms with Gasteiger partial charge < -0.3 is 30.3 Å². The Morgan fingerprint density at radius 2 is 1.69 bits per heavy atom. The number of nitrogens with zero attached hydrogens (tertiary/aromatic N) is 5. The minimum atomic E-state index is -0.292. The normalized spacial score (nSPS) is 16.1. The molecule has 3 N–H and O–H groups in total. The van der Waals surface area contributed by atoms with Crippen LogP contribution in [0.2, 0.25) is 0 Å². The summed E-state index contributed by atoms with van der Waals surface area (Å²) in [4.78, 5) is 30.7. The van der Waals surface area contributed by atoms with Crippen LogP contribution in [0.15, 0.2) is 48.9 Å². The second-order valence-electron chi connectivity index (χ2n) is 9.61. The lowest BCUT2D eigenvalue weighted by Gasteiger charge is -2.29. The van der Waals surface area contributed by atoms with E-state index in [4.69, 9.17) is 9.47 Å². The van der Waals surface area contributed by atoms with E-state index in [9.17, 15) is 4.79 Å². The number of aryl methyl sites for hydroxylation is 1. The molecular formula is C28H36N8O3. The first kappa shape index (κ1) is 26.8. The number of nitrogens with one attached hydrogen (secondary N) is 3. The number of amides is 2. The predicted molar refractivity (Wildman–Crippen MR) is 151 cm³/mol. The minimum absolute atomic E-state index is 0.292. The van der Waals surface area contributed by atoms with Crippen molar-refractivity contribution in [3.63, 3.8) is 0 Å². The largest absolute Gasteiger partial charge is 0.379 e. The van der Waals surface area contributed by atoms with E-state index in [1.807, 2.05) is 25.1 Å². The Balaban J connectivity index is 1.13. The molecule has 2 fully saturated rings. The lowest BCUT2D eigenvalue weighted by atomic mass is 10.1. The van der Waals surface area contributed by atoms with Crippen molar-refractivity contribution < 1.29 is 14.3 Å². The van der Waals surface area contributed by atoms with Crippen molar-refractivity contribution in [1.29, 1.82) is 0 Å². The second-order valence-corrected chi connectivity index (χ2v) is 9.61.